The van der Waals surface area contributed by atoms with Gasteiger partial charge >= 0.3 is 12.1 Å². The molecule has 2 unspecified atom stereocenters. The zero-order valence-electron chi connectivity index (χ0n) is 25.0. The molecule has 2 aromatic carbocycles. The molecule has 0 spiro atoms. The maximum atomic E-state index is 12.4. The highest BCUT2D eigenvalue weighted by Gasteiger charge is 2.63. The Kier molecular flexibility index (Phi) is 7.67. The number of likely N-dealkylation sites (tertiary alicyclic amines) is 1. The number of aliphatic hydroxyl groups excluding tert-OH is 1. The van der Waals surface area contributed by atoms with E-state index in [4.69, 9.17) is 14.2 Å². The van der Waals surface area contributed by atoms with Crippen molar-refractivity contribution >= 4 is 17.7 Å². The number of rotatable bonds is 5. The number of morpholine rings is 1. The van der Waals surface area contributed by atoms with Gasteiger partial charge in [0, 0.05) is 56.7 Å². The van der Waals surface area contributed by atoms with Crippen molar-refractivity contribution in [2.75, 3.05) is 46.2 Å². The molecule has 0 aromatic heterocycles. The molecule has 0 radical (unpaired) electrons. The van der Waals surface area contributed by atoms with Gasteiger partial charge in [0.2, 0.25) is 0 Å². The maximum absolute atomic E-state index is 12.4. The molecule has 0 saturated carbocycles. The van der Waals surface area contributed by atoms with Gasteiger partial charge in [-0.25, -0.2) is 4.79 Å². The number of hydrogen-bond donors (Lipinski definition) is 2. The van der Waals surface area contributed by atoms with E-state index in [0.29, 0.717) is 36.2 Å². The van der Waals surface area contributed by atoms with Crippen molar-refractivity contribution in [3.05, 3.63) is 59.7 Å². The van der Waals surface area contributed by atoms with E-state index in [1.807, 2.05) is 48.5 Å². The second kappa shape index (κ2) is 11.1. The third kappa shape index (κ3) is 4.94. The molecule has 10 heteroatoms. The van der Waals surface area contributed by atoms with Gasteiger partial charge in [0.05, 0.1) is 12.8 Å². The van der Waals surface area contributed by atoms with Crippen molar-refractivity contribution in [2.24, 2.45) is 0 Å². The smallest absolute Gasteiger partial charge is 0.412 e. The summed E-state index contributed by atoms with van der Waals surface area (Å²) < 4.78 is 16.6. The number of aliphatic hydroxyl groups is 1. The second-order valence-electron chi connectivity index (χ2n) is 12.5. The third-order valence-electron chi connectivity index (χ3n) is 10.0. The minimum atomic E-state index is -0.593. The number of likely N-dealkylation sites (N-methyl/N-ethyl adjacent to an activating group) is 3. The highest BCUT2D eigenvalue weighted by molar-refractivity contribution is 5.78. The number of benzene rings is 2. The van der Waals surface area contributed by atoms with Gasteiger partial charge in [-0.05, 0) is 49.8 Å². The van der Waals surface area contributed by atoms with Crippen LogP contribution in [0.25, 0.3) is 0 Å². The van der Waals surface area contributed by atoms with E-state index in [0.717, 1.165) is 31.4 Å². The largest absolute Gasteiger partial charge is 0.462 e. The first-order valence-corrected chi connectivity index (χ1v) is 14.9. The molecule has 1 amide bonds. The predicted molar refractivity (Wildman–Crippen MR) is 158 cm³/mol. The highest BCUT2D eigenvalue weighted by Crippen LogP contribution is 2.52. The predicted octanol–water partition coefficient (Wildman–Crippen LogP) is 2.69. The molecule has 4 saturated heterocycles. The van der Waals surface area contributed by atoms with Crippen LogP contribution in [-0.2, 0) is 19.7 Å². The molecule has 2 bridgehead atoms. The summed E-state index contributed by atoms with van der Waals surface area (Å²) in [5, 5.41) is 12.0. The number of nitrogens with one attached hydrogen (secondary N) is 1. The van der Waals surface area contributed by atoms with Crippen molar-refractivity contribution in [2.45, 2.75) is 74.1 Å². The topological polar surface area (TPSA) is 107 Å². The number of carbonyl (C=O) groups excluding carboxylic acids is 2. The van der Waals surface area contributed by atoms with E-state index in [-0.39, 0.29) is 24.1 Å². The Balaban J connectivity index is 0.000000151. The molecule has 5 aliphatic rings. The minimum absolute atomic E-state index is 0.0622. The number of epoxide rings is 1. The number of ether oxygens (including phenoxy) is 3. The molecule has 5 heterocycles. The number of fused-ring (bicyclic) bond motifs is 8. The van der Waals surface area contributed by atoms with Crippen LogP contribution in [0.5, 0.6) is 5.75 Å². The molecule has 2 N–H and O–H groups in total. The Hall–Kier alpha value is -3.18. The van der Waals surface area contributed by atoms with E-state index in [2.05, 4.69) is 48.1 Å². The number of hydrogen-bond acceptors (Lipinski definition) is 9. The first kappa shape index (κ1) is 28.9. The summed E-state index contributed by atoms with van der Waals surface area (Å²) in [6.45, 7) is 3.16. The molecule has 4 fully saturated rings. The van der Waals surface area contributed by atoms with Crippen molar-refractivity contribution in [3.63, 3.8) is 0 Å². The number of carbonyl (C=O) groups is 2. The van der Waals surface area contributed by atoms with Crippen molar-refractivity contribution in [3.8, 4) is 5.75 Å². The standard InChI is InChI=1S/C17H21NO4.C15H21N3O2/c1-18-13-7-11(8-14(18)16-15(13)22-16)21-17(20)12(9-19)10-5-3-2-4-6-10;1-15-7-8-17(3)13(15)18(4)12-6-5-10(9-11(12)15)20-14(19)16-2/h2-6,11-16,19H,7-9H2,1H3;5-6,9,13H,7-8H2,1-4H3,(H,16,19)/t11?,12?,13-,14+,15-,16+;13-,15+/m.1/s1. The lowest BCUT2D eigenvalue weighted by Gasteiger charge is -2.38. The second-order valence-corrected chi connectivity index (χ2v) is 12.5. The highest BCUT2D eigenvalue weighted by atomic mass is 16.6. The molecular weight excluding hydrogens is 536 g/mol. The van der Waals surface area contributed by atoms with Gasteiger partial charge in [-0.3, -0.25) is 14.6 Å². The number of anilines is 1. The van der Waals surface area contributed by atoms with Crippen LogP contribution in [-0.4, -0.2) is 105 Å². The Morgan fingerprint density at radius 1 is 1.10 bits per heavy atom. The Labute approximate surface area is 247 Å². The van der Waals surface area contributed by atoms with Crippen LogP contribution in [0.3, 0.4) is 0 Å². The summed E-state index contributed by atoms with van der Waals surface area (Å²) in [6.07, 6.45) is 3.33. The van der Waals surface area contributed by atoms with Crippen LogP contribution < -0.4 is 15.0 Å². The van der Waals surface area contributed by atoms with E-state index >= 15 is 0 Å². The number of piperidine rings is 1. The molecule has 42 heavy (non-hydrogen) atoms. The van der Waals surface area contributed by atoms with Gasteiger partial charge in [-0.2, -0.15) is 0 Å². The van der Waals surface area contributed by atoms with Crippen LogP contribution in [0, 0.1) is 0 Å². The average molecular weight is 579 g/mol. The fourth-order valence-electron chi connectivity index (χ4n) is 7.82. The third-order valence-corrected chi connectivity index (χ3v) is 10.0. The first-order chi connectivity index (χ1) is 20.2. The Bertz CT molecular complexity index is 1310. The number of esters is 1. The normalized spacial score (nSPS) is 33.0. The van der Waals surface area contributed by atoms with Crippen molar-refractivity contribution in [1.29, 1.82) is 0 Å². The van der Waals surface area contributed by atoms with Crippen molar-refractivity contribution in [1.82, 2.24) is 15.1 Å². The molecule has 8 atom stereocenters. The van der Waals surface area contributed by atoms with E-state index in [1.54, 1.807) is 7.05 Å². The van der Waals surface area contributed by atoms with E-state index in [9.17, 15) is 14.7 Å². The summed E-state index contributed by atoms with van der Waals surface area (Å²) >= 11 is 0. The zero-order valence-corrected chi connectivity index (χ0v) is 25.0. The maximum Gasteiger partial charge on any atom is 0.412 e. The Morgan fingerprint density at radius 3 is 2.43 bits per heavy atom. The van der Waals surface area contributed by atoms with Crippen LogP contribution in [0.15, 0.2) is 48.5 Å². The lowest BCUT2D eigenvalue weighted by atomic mass is 9.81. The summed E-state index contributed by atoms with van der Waals surface area (Å²) in [5.41, 5.74) is 3.40. The number of amides is 1. The monoisotopic (exact) mass is 578 g/mol. The van der Waals surface area contributed by atoms with Crippen molar-refractivity contribution < 1.29 is 28.9 Å². The van der Waals surface area contributed by atoms with Gasteiger partial charge < -0.3 is 29.5 Å². The molecular formula is C32H42N4O6. The van der Waals surface area contributed by atoms with E-state index in [1.165, 1.54) is 11.3 Å². The minimum Gasteiger partial charge on any atom is -0.462 e. The van der Waals surface area contributed by atoms with Crippen LogP contribution in [0.2, 0.25) is 0 Å². The lowest BCUT2D eigenvalue weighted by Crippen LogP contribution is -2.48. The van der Waals surface area contributed by atoms with Gasteiger partial charge in [-0.1, -0.05) is 37.3 Å². The van der Waals surface area contributed by atoms with E-state index < -0.39 is 12.0 Å². The van der Waals surface area contributed by atoms with Gasteiger partial charge in [0.25, 0.3) is 0 Å². The van der Waals surface area contributed by atoms with Crippen LogP contribution >= 0.6 is 0 Å². The summed E-state index contributed by atoms with van der Waals surface area (Å²) in [4.78, 5) is 30.9. The average Bonchev–Trinajstić information content (AvgIpc) is 3.63. The van der Waals surface area contributed by atoms with Gasteiger partial charge in [0.1, 0.15) is 30.0 Å². The molecule has 2 aromatic rings. The van der Waals surface area contributed by atoms with Gasteiger partial charge in [0.15, 0.2) is 0 Å². The summed E-state index contributed by atoms with van der Waals surface area (Å²) in [5.74, 6) is -0.311. The molecule has 10 nitrogen and oxygen atoms in total. The molecule has 226 valence electrons. The zero-order chi connectivity index (χ0) is 29.8. The quantitative estimate of drug-likeness (QED) is 0.409. The fraction of sp³-hybridized carbons (Fsp3) is 0.562. The molecule has 7 rings (SSSR count). The molecule has 0 aliphatic carbocycles. The summed E-state index contributed by atoms with van der Waals surface area (Å²) in [7, 11) is 7.99. The SMILES string of the molecule is CN1[C@@H]2CC(OC(=O)C(CO)c3ccccc3)C[C@H]1[C@@H]1O[C@@H]12.CNC(=O)Oc1ccc2c(c1)[C@]1(C)CCN(C)[C@@H]1N2C. The van der Waals surface area contributed by atoms with Gasteiger partial charge in [-0.15, -0.1) is 0 Å². The fourth-order valence-corrected chi connectivity index (χ4v) is 7.82. The molecule has 5 aliphatic heterocycles. The first-order valence-electron chi connectivity index (χ1n) is 14.9. The van der Waals surface area contributed by atoms with Crippen LogP contribution in [0.1, 0.15) is 43.2 Å². The number of nitrogens with zero attached hydrogens (tertiary/aromatic N) is 3. The van der Waals surface area contributed by atoms with Crippen LogP contribution in [0.4, 0.5) is 10.5 Å². The Morgan fingerprint density at radius 2 is 1.79 bits per heavy atom. The lowest BCUT2D eigenvalue weighted by molar-refractivity contribution is -0.156. The summed E-state index contributed by atoms with van der Waals surface area (Å²) in [6, 6.07) is 16.0.